The Morgan fingerprint density at radius 2 is 2.50 bits per heavy atom. The highest BCUT2D eigenvalue weighted by molar-refractivity contribution is 5.92. The molecule has 1 aromatic heterocycles. The van der Waals surface area contributed by atoms with Gasteiger partial charge < -0.3 is 19.8 Å². The number of esters is 1. The van der Waals surface area contributed by atoms with Crippen molar-refractivity contribution >= 4 is 11.8 Å². The Bertz CT molecular complexity index is 407. The lowest BCUT2D eigenvalue weighted by atomic mass is 10.0. The summed E-state index contributed by atoms with van der Waals surface area (Å²) in [5.74, 6) is -0.182. The SMILES string of the molecule is COC(=O)c1ncn(C2(C)CCOC2)c1N. The molecular formula is C10H15N3O3. The minimum Gasteiger partial charge on any atom is -0.464 e. The van der Waals surface area contributed by atoms with Gasteiger partial charge in [-0.3, -0.25) is 0 Å². The second kappa shape index (κ2) is 3.79. The van der Waals surface area contributed by atoms with Crippen LogP contribution in [0.3, 0.4) is 0 Å². The molecule has 1 atom stereocenters. The van der Waals surface area contributed by atoms with Gasteiger partial charge in [-0.25, -0.2) is 9.78 Å². The first-order chi connectivity index (χ1) is 7.58. The molecule has 1 aliphatic rings. The van der Waals surface area contributed by atoms with Gasteiger partial charge in [0.2, 0.25) is 0 Å². The summed E-state index contributed by atoms with van der Waals surface area (Å²) < 4.78 is 11.7. The number of nitrogens with zero attached hydrogens (tertiary/aromatic N) is 2. The van der Waals surface area contributed by atoms with Crippen LogP contribution in [0.1, 0.15) is 23.8 Å². The molecule has 2 heterocycles. The van der Waals surface area contributed by atoms with Crippen molar-refractivity contribution in [1.29, 1.82) is 0 Å². The van der Waals surface area contributed by atoms with Crippen LogP contribution in [0.4, 0.5) is 5.82 Å². The lowest BCUT2D eigenvalue weighted by molar-refractivity contribution is 0.0595. The third kappa shape index (κ3) is 1.55. The van der Waals surface area contributed by atoms with Crippen LogP contribution in [0.2, 0.25) is 0 Å². The molecule has 0 amide bonds. The van der Waals surface area contributed by atoms with Crippen molar-refractivity contribution in [1.82, 2.24) is 9.55 Å². The highest BCUT2D eigenvalue weighted by Gasteiger charge is 2.34. The van der Waals surface area contributed by atoms with Gasteiger partial charge >= 0.3 is 5.97 Å². The fraction of sp³-hybridized carbons (Fsp3) is 0.600. The molecule has 0 saturated carbocycles. The zero-order valence-electron chi connectivity index (χ0n) is 9.40. The van der Waals surface area contributed by atoms with Crippen LogP contribution in [0.5, 0.6) is 0 Å². The van der Waals surface area contributed by atoms with Gasteiger partial charge in [0.15, 0.2) is 5.69 Å². The Hall–Kier alpha value is -1.56. The van der Waals surface area contributed by atoms with Crippen molar-refractivity contribution < 1.29 is 14.3 Å². The van der Waals surface area contributed by atoms with E-state index in [0.29, 0.717) is 19.0 Å². The number of nitrogens with two attached hydrogens (primary N) is 1. The first-order valence-electron chi connectivity index (χ1n) is 5.08. The summed E-state index contributed by atoms with van der Waals surface area (Å²) in [5.41, 5.74) is 5.83. The summed E-state index contributed by atoms with van der Waals surface area (Å²) in [6.45, 7) is 3.30. The number of rotatable bonds is 2. The average molecular weight is 225 g/mol. The van der Waals surface area contributed by atoms with Gasteiger partial charge in [-0.15, -0.1) is 0 Å². The van der Waals surface area contributed by atoms with E-state index in [4.69, 9.17) is 10.5 Å². The molecule has 2 N–H and O–H groups in total. The minimum atomic E-state index is -0.515. The van der Waals surface area contributed by atoms with E-state index in [1.54, 1.807) is 10.9 Å². The molecule has 0 aromatic carbocycles. The summed E-state index contributed by atoms with van der Waals surface area (Å²) in [4.78, 5) is 15.3. The number of hydrogen-bond donors (Lipinski definition) is 1. The van der Waals surface area contributed by atoms with E-state index in [1.807, 2.05) is 6.92 Å². The first kappa shape index (κ1) is 10.9. The number of hydrogen-bond acceptors (Lipinski definition) is 5. The number of anilines is 1. The van der Waals surface area contributed by atoms with Crippen molar-refractivity contribution in [3.8, 4) is 0 Å². The summed E-state index contributed by atoms with van der Waals surface area (Å²) >= 11 is 0. The van der Waals surface area contributed by atoms with Crippen molar-refractivity contribution in [3.63, 3.8) is 0 Å². The molecule has 88 valence electrons. The summed E-state index contributed by atoms with van der Waals surface area (Å²) in [6, 6.07) is 0. The average Bonchev–Trinajstić information content (AvgIpc) is 2.85. The van der Waals surface area contributed by atoms with Gasteiger partial charge in [0.25, 0.3) is 0 Å². The van der Waals surface area contributed by atoms with E-state index >= 15 is 0 Å². The molecule has 16 heavy (non-hydrogen) atoms. The molecule has 6 nitrogen and oxygen atoms in total. The predicted octanol–water partition coefficient (Wildman–Crippen LogP) is 0.387. The lowest BCUT2D eigenvalue weighted by Crippen LogP contribution is -2.31. The van der Waals surface area contributed by atoms with E-state index in [1.165, 1.54) is 7.11 Å². The Morgan fingerprint density at radius 1 is 1.75 bits per heavy atom. The third-order valence-electron chi connectivity index (χ3n) is 2.96. The number of nitrogen functional groups attached to an aromatic ring is 1. The second-order valence-electron chi connectivity index (χ2n) is 4.14. The topological polar surface area (TPSA) is 79.4 Å². The minimum absolute atomic E-state index is 0.163. The quantitative estimate of drug-likeness (QED) is 0.736. The monoisotopic (exact) mass is 225 g/mol. The third-order valence-corrected chi connectivity index (χ3v) is 2.96. The fourth-order valence-electron chi connectivity index (χ4n) is 1.89. The maximum Gasteiger partial charge on any atom is 0.360 e. The molecule has 0 aliphatic carbocycles. The van der Waals surface area contributed by atoms with Crippen LogP contribution in [-0.4, -0.2) is 35.8 Å². The summed E-state index contributed by atoms with van der Waals surface area (Å²) in [7, 11) is 1.31. The largest absolute Gasteiger partial charge is 0.464 e. The van der Waals surface area contributed by atoms with E-state index in [0.717, 1.165) is 6.42 Å². The zero-order chi connectivity index (χ0) is 11.8. The van der Waals surface area contributed by atoms with Crippen molar-refractivity contribution in [2.45, 2.75) is 18.9 Å². The first-order valence-corrected chi connectivity index (χ1v) is 5.08. The van der Waals surface area contributed by atoms with E-state index in [2.05, 4.69) is 9.72 Å². The van der Waals surface area contributed by atoms with Gasteiger partial charge in [0.05, 0.1) is 25.6 Å². The number of methoxy groups -OCH3 is 1. The Balaban J connectivity index is 2.36. The Labute approximate surface area is 93.3 Å². The standard InChI is InChI=1S/C10H15N3O3/c1-10(3-4-16-5-10)13-6-12-7(8(13)11)9(14)15-2/h6H,3-5,11H2,1-2H3. The molecule has 0 bridgehead atoms. The predicted molar refractivity (Wildman–Crippen MR) is 57.1 cm³/mol. The maximum atomic E-state index is 11.4. The summed E-state index contributed by atoms with van der Waals surface area (Å²) in [6.07, 6.45) is 2.42. The second-order valence-corrected chi connectivity index (χ2v) is 4.14. The molecular weight excluding hydrogens is 210 g/mol. The number of carbonyl (C=O) groups is 1. The number of imidazole rings is 1. The van der Waals surface area contributed by atoms with Gasteiger partial charge in [0, 0.05) is 6.61 Å². The van der Waals surface area contributed by atoms with Crippen LogP contribution < -0.4 is 5.73 Å². The number of carbonyl (C=O) groups excluding carboxylic acids is 1. The van der Waals surface area contributed by atoms with Gasteiger partial charge in [-0.2, -0.15) is 0 Å². The van der Waals surface area contributed by atoms with E-state index in [9.17, 15) is 4.79 Å². The van der Waals surface area contributed by atoms with E-state index in [-0.39, 0.29) is 11.2 Å². The molecule has 0 radical (unpaired) electrons. The lowest BCUT2D eigenvalue weighted by Gasteiger charge is -2.24. The molecule has 1 aromatic rings. The molecule has 2 rings (SSSR count). The normalized spacial score (nSPS) is 24.6. The van der Waals surface area contributed by atoms with Crippen LogP contribution >= 0.6 is 0 Å². The Kier molecular flexibility index (Phi) is 2.59. The smallest absolute Gasteiger partial charge is 0.360 e. The van der Waals surface area contributed by atoms with Gasteiger partial charge in [-0.05, 0) is 13.3 Å². The van der Waals surface area contributed by atoms with E-state index < -0.39 is 5.97 Å². The van der Waals surface area contributed by atoms with Crippen LogP contribution in [0.25, 0.3) is 0 Å². The maximum absolute atomic E-state index is 11.4. The molecule has 6 heteroatoms. The van der Waals surface area contributed by atoms with Gasteiger partial charge in [0.1, 0.15) is 5.82 Å². The fourth-order valence-corrected chi connectivity index (χ4v) is 1.89. The highest BCUT2D eigenvalue weighted by Crippen LogP contribution is 2.30. The molecule has 0 spiro atoms. The van der Waals surface area contributed by atoms with Crippen molar-refractivity contribution in [2.24, 2.45) is 0 Å². The van der Waals surface area contributed by atoms with Crippen LogP contribution in [0, 0.1) is 0 Å². The molecule has 1 aliphatic heterocycles. The Morgan fingerprint density at radius 3 is 3.06 bits per heavy atom. The van der Waals surface area contributed by atoms with Crippen molar-refractivity contribution in [2.75, 3.05) is 26.1 Å². The summed E-state index contributed by atoms with van der Waals surface area (Å²) in [5, 5.41) is 0. The molecule has 1 saturated heterocycles. The van der Waals surface area contributed by atoms with Gasteiger partial charge in [-0.1, -0.05) is 0 Å². The highest BCUT2D eigenvalue weighted by atomic mass is 16.5. The van der Waals surface area contributed by atoms with Crippen molar-refractivity contribution in [3.05, 3.63) is 12.0 Å². The van der Waals surface area contributed by atoms with Crippen LogP contribution in [0.15, 0.2) is 6.33 Å². The zero-order valence-corrected chi connectivity index (χ0v) is 9.40. The molecule has 1 unspecified atom stereocenters. The molecule has 1 fully saturated rings. The van der Waals surface area contributed by atoms with Crippen LogP contribution in [-0.2, 0) is 15.0 Å². The number of aromatic nitrogens is 2. The number of ether oxygens (including phenoxy) is 2.